The van der Waals surface area contributed by atoms with Crippen LogP contribution in [0.4, 0.5) is 0 Å². The predicted octanol–water partition coefficient (Wildman–Crippen LogP) is 0.684. The fraction of sp³-hybridized carbons (Fsp3) is 0. The van der Waals surface area contributed by atoms with Crippen molar-refractivity contribution < 1.29 is 0 Å². The van der Waals surface area contributed by atoms with Crippen molar-refractivity contribution in [1.29, 1.82) is 5.26 Å². The molecule has 0 spiro atoms. The minimum absolute atomic E-state index is 0.574. The lowest BCUT2D eigenvalue weighted by molar-refractivity contribution is 1.41. The summed E-state index contributed by atoms with van der Waals surface area (Å²) in [5, 5.41) is 8.13. The second-order valence-electron chi connectivity index (χ2n) is 0.992. The monoisotopic (exact) mass is 110 g/mol. The van der Waals surface area contributed by atoms with Gasteiger partial charge in [-0.3, -0.25) is 0 Å². The number of hydrogen-bond donors (Lipinski definition) is 1. The molecule has 1 rings (SSSR count). The second kappa shape index (κ2) is 1.90. The van der Waals surface area contributed by atoms with Crippen molar-refractivity contribution in [1.82, 2.24) is 4.72 Å². The average molecular weight is 110 g/mol. The summed E-state index contributed by atoms with van der Waals surface area (Å²) in [5.74, 6) is 2.71. The molecule has 3 heteroatoms. The largest absolute Gasteiger partial charge is 0.335 e. The molecule has 34 valence electrons. The molecule has 1 heterocycles. The molecule has 2 nitrogen and oxygen atoms in total. The number of nitrogens with one attached hydrogen (secondary N) is 1. The minimum atomic E-state index is 0.574. The predicted molar refractivity (Wildman–Crippen MR) is 27.7 cm³/mol. The smallest absolute Gasteiger partial charge is 0.118 e. The van der Waals surface area contributed by atoms with Crippen LogP contribution in [0, 0.1) is 17.1 Å². The summed E-state index contributed by atoms with van der Waals surface area (Å²) in [6.45, 7) is 0. The van der Waals surface area contributed by atoms with Gasteiger partial charge in [0, 0.05) is 6.20 Å². The summed E-state index contributed by atoms with van der Waals surface area (Å²) in [4.78, 5) is 0. The Morgan fingerprint density at radius 3 is 3.14 bits per heavy atom. The molecular formula is C4H2N2S. The lowest BCUT2D eigenvalue weighted by Crippen LogP contribution is -1.78. The zero-order valence-corrected chi connectivity index (χ0v) is 4.25. The lowest BCUT2D eigenvalue weighted by Gasteiger charge is -1.76. The SMILES string of the molecule is N#CC1=CNS[C]1. The Kier molecular flexibility index (Phi) is 1.23. The van der Waals surface area contributed by atoms with E-state index < -0.39 is 0 Å². The lowest BCUT2D eigenvalue weighted by atomic mass is 10.4. The van der Waals surface area contributed by atoms with Gasteiger partial charge in [0.1, 0.15) is 5.75 Å². The molecule has 1 aliphatic heterocycles. The van der Waals surface area contributed by atoms with Crippen LogP contribution in [0.2, 0.25) is 0 Å². The summed E-state index contributed by atoms with van der Waals surface area (Å²) >= 11 is 1.29. The van der Waals surface area contributed by atoms with Gasteiger partial charge in [-0.2, -0.15) is 5.26 Å². The first-order valence-corrected chi connectivity index (χ1v) is 2.53. The van der Waals surface area contributed by atoms with Gasteiger partial charge in [0.15, 0.2) is 0 Å². The van der Waals surface area contributed by atoms with E-state index in [1.54, 1.807) is 6.20 Å². The molecule has 0 amide bonds. The molecular weight excluding hydrogens is 108 g/mol. The van der Waals surface area contributed by atoms with Gasteiger partial charge < -0.3 is 4.72 Å². The van der Waals surface area contributed by atoms with Gasteiger partial charge in [-0.25, -0.2) is 0 Å². The molecule has 0 saturated carbocycles. The van der Waals surface area contributed by atoms with Crippen LogP contribution < -0.4 is 4.72 Å². The molecule has 0 saturated heterocycles. The third kappa shape index (κ3) is 0.875. The van der Waals surface area contributed by atoms with Crippen LogP contribution in [0.3, 0.4) is 0 Å². The number of nitriles is 1. The van der Waals surface area contributed by atoms with Gasteiger partial charge in [-0.15, -0.1) is 0 Å². The molecule has 0 unspecified atom stereocenters. The molecule has 0 bridgehead atoms. The highest BCUT2D eigenvalue weighted by Crippen LogP contribution is 2.15. The van der Waals surface area contributed by atoms with E-state index in [1.807, 2.05) is 6.07 Å². The van der Waals surface area contributed by atoms with Crippen molar-refractivity contribution in [3.63, 3.8) is 0 Å². The van der Waals surface area contributed by atoms with Gasteiger partial charge in [-0.05, 0) is 11.9 Å². The maximum absolute atomic E-state index is 8.13. The maximum atomic E-state index is 8.13. The summed E-state index contributed by atoms with van der Waals surface area (Å²) in [6.07, 6.45) is 1.62. The van der Waals surface area contributed by atoms with Crippen molar-refractivity contribution in [3.05, 3.63) is 17.5 Å². The van der Waals surface area contributed by atoms with Gasteiger partial charge in [-0.1, -0.05) is 0 Å². The first-order valence-electron chi connectivity index (χ1n) is 1.71. The van der Waals surface area contributed by atoms with Crippen molar-refractivity contribution in [2.45, 2.75) is 0 Å². The molecule has 0 atom stereocenters. The zero-order chi connectivity index (χ0) is 5.11. The van der Waals surface area contributed by atoms with Crippen molar-refractivity contribution in [3.8, 4) is 6.07 Å². The highest BCUT2D eigenvalue weighted by Gasteiger charge is 2.02. The van der Waals surface area contributed by atoms with E-state index in [9.17, 15) is 0 Å². The zero-order valence-electron chi connectivity index (χ0n) is 3.43. The topological polar surface area (TPSA) is 35.8 Å². The number of hydrogen-bond acceptors (Lipinski definition) is 3. The van der Waals surface area contributed by atoms with Crippen LogP contribution in [-0.2, 0) is 0 Å². The molecule has 0 aromatic carbocycles. The molecule has 2 radical (unpaired) electrons. The normalized spacial score (nSPS) is 17.3. The average Bonchev–Trinajstić information content (AvgIpc) is 2.14. The van der Waals surface area contributed by atoms with Crippen molar-refractivity contribution in [2.75, 3.05) is 0 Å². The number of rotatable bonds is 0. The van der Waals surface area contributed by atoms with Crippen LogP contribution in [0.1, 0.15) is 0 Å². The van der Waals surface area contributed by atoms with Gasteiger partial charge in [0.2, 0.25) is 0 Å². The molecule has 0 fully saturated rings. The van der Waals surface area contributed by atoms with E-state index in [0.717, 1.165) is 0 Å². The Morgan fingerprint density at radius 1 is 2.00 bits per heavy atom. The molecule has 1 aliphatic rings. The third-order valence-electron chi connectivity index (χ3n) is 0.544. The Bertz CT molecular complexity index is 133. The summed E-state index contributed by atoms with van der Waals surface area (Å²) in [6, 6.07) is 1.93. The molecule has 1 N–H and O–H groups in total. The quantitative estimate of drug-likeness (QED) is 0.466. The van der Waals surface area contributed by atoms with Crippen LogP contribution in [0.15, 0.2) is 11.8 Å². The Hall–Kier alpha value is -0.620. The fourth-order valence-electron chi connectivity index (χ4n) is 0.257. The first kappa shape index (κ1) is 4.54. The molecule has 0 aromatic rings. The van der Waals surface area contributed by atoms with Gasteiger partial charge in [0.25, 0.3) is 0 Å². The van der Waals surface area contributed by atoms with Crippen LogP contribution >= 0.6 is 11.9 Å². The van der Waals surface area contributed by atoms with E-state index >= 15 is 0 Å². The fourth-order valence-corrected chi connectivity index (χ4v) is 0.708. The molecule has 7 heavy (non-hydrogen) atoms. The van der Waals surface area contributed by atoms with Crippen LogP contribution in [0.25, 0.3) is 0 Å². The molecule has 0 aromatic heterocycles. The van der Waals surface area contributed by atoms with Crippen LogP contribution in [-0.4, -0.2) is 0 Å². The highest BCUT2D eigenvalue weighted by atomic mass is 32.2. The van der Waals surface area contributed by atoms with E-state index in [2.05, 4.69) is 10.5 Å². The van der Waals surface area contributed by atoms with E-state index in [1.165, 1.54) is 11.9 Å². The standard InChI is InChI=1S/C4H2N2S/c5-1-4-2-6-7-3-4/h2,6H. The summed E-state index contributed by atoms with van der Waals surface area (Å²) in [5.41, 5.74) is 0.574. The summed E-state index contributed by atoms with van der Waals surface area (Å²) < 4.78 is 2.74. The Balaban J connectivity index is 2.57. The number of nitrogens with zero attached hydrogens (tertiary/aromatic N) is 1. The Morgan fingerprint density at radius 2 is 2.86 bits per heavy atom. The van der Waals surface area contributed by atoms with Gasteiger partial charge in [0.05, 0.1) is 11.6 Å². The van der Waals surface area contributed by atoms with E-state index in [4.69, 9.17) is 5.26 Å². The van der Waals surface area contributed by atoms with Crippen LogP contribution in [0.5, 0.6) is 0 Å². The summed E-state index contributed by atoms with van der Waals surface area (Å²) in [7, 11) is 0. The van der Waals surface area contributed by atoms with E-state index in [-0.39, 0.29) is 0 Å². The maximum Gasteiger partial charge on any atom is 0.118 e. The van der Waals surface area contributed by atoms with E-state index in [0.29, 0.717) is 5.57 Å². The van der Waals surface area contributed by atoms with Crippen molar-refractivity contribution in [2.24, 2.45) is 0 Å². The minimum Gasteiger partial charge on any atom is -0.335 e. The Labute approximate surface area is 46.3 Å². The van der Waals surface area contributed by atoms with Gasteiger partial charge >= 0.3 is 0 Å². The highest BCUT2D eigenvalue weighted by molar-refractivity contribution is 8.00. The molecule has 0 aliphatic carbocycles. The third-order valence-corrected chi connectivity index (χ3v) is 1.10. The second-order valence-corrected chi connectivity index (χ2v) is 1.64. The van der Waals surface area contributed by atoms with Crippen molar-refractivity contribution >= 4 is 11.9 Å². The first-order chi connectivity index (χ1) is 3.43.